The molecule has 2 unspecified atom stereocenters. The summed E-state index contributed by atoms with van der Waals surface area (Å²) in [5.74, 6) is -0.0550. The van der Waals surface area contributed by atoms with Gasteiger partial charge in [0.25, 0.3) is 0 Å². The summed E-state index contributed by atoms with van der Waals surface area (Å²) < 4.78 is 14.2. The first-order valence-corrected chi connectivity index (χ1v) is 7.42. The summed E-state index contributed by atoms with van der Waals surface area (Å²) in [6.45, 7) is 3.95. The lowest BCUT2D eigenvalue weighted by Crippen LogP contribution is -2.46. The highest BCUT2D eigenvalue weighted by atomic mass is 19.1. The first-order chi connectivity index (χ1) is 10.1. The van der Waals surface area contributed by atoms with E-state index in [0.717, 1.165) is 25.8 Å². The van der Waals surface area contributed by atoms with Crippen molar-refractivity contribution in [3.05, 3.63) is 39.7 Å². The van der Waals surface area contributed by atoms with Gasteiger partial charge in [-0.15, -0.1) is 0 Å². The lowest BCUT2D eigenvalue weighted by atomic mass is 9.88. The van der Waals surface area contributed by atoms with Gasteiger partial charge in [0.05, 0.1) is 4.92 Å². The summed E-state index contributed by atoms with van der Waals surface area (Å²) in [5.41, 5.74) is 5.75. The maximum Gasteiger partial charge on any atom is 0.305 e. The molecule has 1 saturated heterocycles. The van der Waals surface area contributed by atoms with E-state index < -0.39 is 16.4 Å². The van der Waals surface area contributed by atoms with Gasteiger partial charge in [0.2, 0.25) is 5.82 Å². The molecule has 5 nitrogen and oxygen atoms in total. The molecule has 0 aromatic heterocycles. The van der Waals surface area contributed by atoms with Gasteiger partial charge in [-0.3, -0.25) is 15.0 Å². The highest BCUT2D eigenvalue weighted by Crippen LogP contribution is 2.28. The Bertz CT molecular complexity index is 510. The number of nitrogens with zero attached hydrogens (tertiary/aromatic N) is 2. The minimum atomic E-state index is -0.726. The van der Waals surface area contributed by atoms with Gasteiger partial charge in [-0.05, 0) is 25.3 Å². The van der Waals surface area contributed by atoms with Crippen LogP contribution in [0, 0.1) is 21.8 Å². The minimum absolute atomic E-state index is 0.224. The van der Waals surface area contributed by atoms with E-state index in [9.17, 15) is 14.5 Å². The quantitative estimate of drug-likeness (QED) is 0.669. The van der Waals surface area contributed by atoms with E-state index >= 15 is 0 Å². The molecule has 21 heavy (non-hydrogen) atoms. The van der Waals surface area contributed by atoms with Crippen molar-refractivity contribution in [2.45, 2.75) is 38.8 Å². The largest absolute Gasteiger partial charge is 0.329 e. The Labute approximate surface area is 124 Å². The Hall–Kier alpha value is -1.53. The zero-order chi connectivity index (χ0) is 15.4. The van der Waals surface area contributed by atoms with Crippen molar-refractivity contribution in [1.29, 1.82) is 0 Å². The molecule has 2 N–H and O–H groups in total. The molecular formula is C15H22FN3O2. The zero-order valence-corrected chi connectivity index (χ0v) is 12.3. The van der Waals surface area contributed by atoms with Crippen LogP contribution in [0.2, 0.25) is 0 Å². The van der Waals surface area contributed by atoms with Crippen molar-refractivity contribution in [2.75, 3.05) is 13.1 Å². The topological polar surface area (TPSA) is 72.4 Å². The number of hydrogen-bond acceptors (Lipinski definition) is 4. The fourth-order valence-electron chi connectivity index (χ4n) is 3.06. The third-order valence-electron chi connectivity index (χ3n) is 4.42. The Morgan fingerprint density at radius 2 is 2.29 bits per heavy atom. The molecule has 1 heterocycles. The van der Waals surface area contributed by atoms with Gasteiger partial charge in [-0.2, -0.15) is 4.39 Å². The van der Waals surface area contributed by atoms with Gasteiger partial charge in [0, 0.05) is 30.8 Å². The van der Waals surface area contributed by atoms with E-state index in [1.54, 1.807) is 6.07 Å². The summed E-state index contributed by atoms with van der Waals surface area (Å²) in [6, 6.07) is 4.57. The SMILES string of the molecule is CCC1CCN(Cc2cccc([N+](=O)[O-])c2F)C(CN)C1. The molecule has 116 valence electrons. The van der Waals surface area contributed by atoms with Crippen LogP contribution in [0.25, 0.3) is 0 Å². The van der Waals surface area contributed by atoms with E-state index in [-0.39, 0.29) is 6.04 Å². The van der Waals surface area contributed by atoms with E-state index in [1.807, 2.05) is 0 Å². The number of likely N-dealkylation sites (tertiary alicyclic amines) is 1. The summed E-state index contributed by atoms with van der Waals surface area (Å²) in [5, 5.41) is 10.8. The number of nitro groups is 1. The molecule has 2 atom stereocenters. The van der Waals surface area contributed by atoms with Crippen molar-refractivity contribution in [2.24, 2.45) is 11.7 Å². The number of hydrogen-bond donors (Lipinski definition) is 1. The van der Waals surface area contributed by atoms with Crippen molar-refractivity contribution in [3.63, 3.8) is 0 Å². The van der Waals surface area contributed by atoms with Crippen molar-refractivity contribution >= 4 is 5.69 Å². The highest BCUT2D eigenvalue weighted by Gasteiger charge is 2.28. The first-order valence-electron chi connectivity index (χ1n) is 7.42. The number of benzene rings is 1. The van der Waals surface area contributed by atoms with E-state index in [1.165, 1.54) is 12.1 Å². The average molecular weight is 295 g/mol. The third-order valence-corrected chi connectivity index (χ3v) is 4.42. The van der Waals surface area contributed by atoms with E-state index in [0.29, 0.717) is 24.6 Å². The number of nitro benzene ring substituents is 1. The van der Waals surface area contributed by atoms with Crippen LogP contribution in [-0.4, -0.2) is 29.0 Å². The second kappa shape index (κ2) is 6.95. The fraction of sp³-hybridized carbons (Fsp3) is 0.600. The molecule has 1 aliphatic heterocycles. The van der Waals surface area contributed by atoms with Crippen LogP contribution in [-0.2, 0) is 6.54 Å². The molecule has 0 aliphatic carbocycles. The number of nitrogens with two attached hydrogens (primary N) is 1. The van der Waals surface area contributed by atoms with Crippen LogP contribution in [0.15, 0.2) is 18.2 Å². The van der Waals surface area contributed by atoms with Crippen molar-refractivity contribution in [1.82, 2.24) is 4.90 Å². The zero-order valence-electron chi connectivity index (χ0n) is 12.3. The molecule has 1 aromatic carbocycles. The smallest absolute Gasteiger partial charge is 0.305 e. The summed E-state index contributed by atoms with van der Waals surface area (Å²) in [6.07, 6.45) is 3.22. The van der Waals surface area contributed by atoms with Gasteiger partial charge in [0.15, 0.2) is 0 Å². The van der Waals surface area contributed by atoms with Gasteiger partial charge in [-0.1, -0.05) is 25.5 Å². The molecule has 1 aromatic rings. The Morgan fingerprint density at radius 1 is 1.52 bits per heavy atom. The molecule has 1 fully saturated rings. The number of rotatable bonds is 5. The standard InChI is InChI=1S/C15H22FN3O2/c1-2-11-6-7-18(13(8-11)9-17)10-12-4-3-5-14(15(12)16)19(20)21/h3-5,11,13H,2,6-10,17H2,1H3. The average Bonchev–Trinajstić information content (AvgIpc) is 2.49. The van der Waals surface area contributed by atoms with Crippen molar-refractivity contribution < 1.29 is 9.31 Å². The third kappa shape index (κ3) is 3.57. The van der Waals surface area contributed by atoms with Crippen LogP contribution >= 0.6 is 0 Å². The van der Waals surface area contributed by atoms with Gasteiger partial charge < -0.3 is 5.73 Å². The highest BCUT2D eigenvalue weighted by molar-refractivity contribution is 5.36. The van der Waals surface area contributed by atoms with Gasteiger partial charge >= 0.3 is 5.69 Å². The Kier molecular flexibility index (Phi) is 5.25. The molecule has 2 rings (SSSR count). The lowest BCUT2D eigenvalue weighted by molar-refractivity contribution is -0.387. The second-order valence-electron chi connectivity index (χ2n) is 5.67. The van der Waals surface area contributed by atoms with Crippen LogP contribution in [0.4, 0.5) is 10.1 Å². The molecule has 0 bridgehead atoms. The first kappa shape index (κ1) is 15.9. The molecule has 0 saturated carbocycles. The number of piperidine rings is 1. The molecule has 0 radical (unpaired) electrons. The lowest BCUT2D eigenvalue weighted by Gasteiger charge is -2.38. The molecule has 0 amide bonds. The van der Waals surface area contributed by atoms with Crippen LogP contribution < -0.4 is 5.73 Å². The van der Waals surface area contributed by atoms with E-state index in [2.05, 4.69) is 11.8 Å². The monoisotopic (exact) mass is 295 g/mol. The predicted molar refractivity (Wildman–Crippen MR) is 79.3 cm³/mol. The maximum absolute atomic E-state index is 14.2. The second-order valence-corrected chi connectivity index (χ2v) is 5.67. The van der Waals surface area contributed by atoms with Crippen molar-refractivity contribution in [3.8, 4) is 0 Å². The van der Waals surface area contributed by atoms with Crippen LogP contribution in [0.3, 0.4) is 0 Å². The summed E-state index contributed by atoms with van der Waals surface area (Å²) in [4.78, 5) is 12.3. The summed E-state index contributed by atoms with van der Waals surface area (Å²) >= 11 is 0. The minimum Gasteiger partial charge on any atom is -0.329 e. The van der Waals surface area contributed by atoms with E-state index in [4.69, 9.17) is 5.73 Å². The normalized spacial score (nSPS) is 23.2. The Morgan fingerprint density at radius 3 is 2.90 bits per heavy atom. The predicted octanol–water partition coefficient (Wildman–Crippen LogP) is 2.68. The molecule has 0 spiro atoms. The van der Waals surface area contributed by atoms with Gasteiger partial charge in [-0.25, -0.2) is 0 Å². The van der Waals surface area contributed by atoms with Crippen LogP contribution in [0.5, 0.6) is 0 Å². The summed E-state index contributed by atoms with van der Waals surface area (Å²) in [7, 11) is 0. The molecule has 6 heteroatoms. The van der Waals surface area contributed by atoms with Gasteiger partial charge in [0.1, 0.15) is 0 Å². The number of halogens is 1. The Balaban J connectivity index is 2.14. The van der Waals surface area contributed by atoms with Crippen LogP contribution in [0.1, 0.15) is 31.7 Å². The maximum atomic E-state index is 14.2. The molecule has 1 aliphatic rings. The molecular weight excluding hydrogens is 273 g/mol. The fourth-order valence-corrected chi connectivity index (χ4v) is 3.06.